The minimum atomic E-state index is -0.470. The van der Waals surface area contributed by atoms with Crippen LogP contribution in [0.1, 0.15) is 90.8 Å². The van der Waals surface area contributed by atoms with Crippen molar-refractivity contribution >= 4 is 40.1 Å². The van der Waals surface area contributed by atoms with Gasteiger partial charge in [-0.2, -0.15) is 0 Å². The second-order valence-corrected chi connectivity index (χ2v) is 15.7. The van der Waals surface area contributed by atoms with E-state index in [1.807, 2.05) is 74.9 Å². The van der Waals surface area contributed by atoms with Crippen LogP contribution in [0.2, 0.25) is 5.02 Å². The summed E-state index contributed by atoms with van der Waals surface area (Å²) in [5.74, 6) is -0.0822. The third kappa shape index (κ3) is 7.72. The maximum atomic E-state index is 13.8. The highest BCUT2D eigenvalue weighted by molar-refractivity contribution is 6.36. The Labute approximate surface area is 315 Å². The summed E-state index contributed by atoms with van der Waals surface area (Å²) in [6, 6.07) is 16.0. The molecule has 7 rings (SSSR count). The Morgan fingerprint density at radius 1 is 1.04 bits per heavy atom. The van der Waals surface area contributed by atoms with Gasteiger partial charge in [0.15, 0.2) is 5.82 Å². The molecular formula is C42H47ClN6O4. The Bertz CT molecular complexity index is 2180. The van der Waals surface area contributed by atoms with Gasteiger partial charge in [-0.05, 0) is 93.8 Å². The third-order valence-corrected chi connectivity index (χ3v) is 11.1. The molecule has 5 aromatic rings. The Balaban J connectivity index is 1.05. The largest absolute Gasteiger partial charge is 0.460 e. The molecule has 2 N–H and O–H groups in total. The van der Waals surface area contributed by atoms with Crippen LogP contribution in [0.3, 0.4) is 0 Å². The van der Waals surface area contributed by atoms with Gasteiger partial charge in [-0.1, -0.05) is 41.9 Å². The number of esters is 1. The van der Waals surface area contributed by atoms with E-state index in [-0.39, 0.29) is 24.4 Å². The van der Waals surface area contributed by atoms with Gasteiger partial charge in [-0.15, -0.1) is 0 Å². The summed E-state index contributed by atoms with van der Waals surface area (Å²) in [6.45, 7) is 9.32. The van der Waals surface area contributed by atoms with Crippen molar-refractivity contribution in [1.82, 2.24) is 24.4 Å². The highest BCUT2D eigenvalue weighted by atomic mass is 35.5. The van der Waals surface area contributed by atoms with Gasteiger partial charge in [-0.3, -0.25) is 24.5 Å². The quantitative estimate of drug-likeness (QED) is 0.157. The Hall–Kier alpha value is -4.64. The zero-order valence-electron chi connectivity index (χ0n) is 31.1. The zero-order valence-corrected chi connectivity index (χ0v) is 31.8. The van der Waals surface area contributed by atoms with Crippen LogP contribution < -0.4 is 5.32 Å². The monoisotopic (exact) mass is 734 g/mol. The van der Waals surface area contributed by atoms with Crippen molar-refractivity contribution in [2.75, 3.05) is 11.9 Å². The number of aliphatic hydroxyl groups is 1. The van der Waals surface area contributed by atoms with Crippen molar-refractivity contribution in [3.63, 3.8) is 0 Å². The number of fused-ring (bicyclic) bond motifs is 2. The van der Waals surface area contributed by atoms with E-state index in [1.54, 1.807) is 12.4 Å². The van der Waals surface area contributed by atoms with Gasteiger partial charge < -0.3 is 19.7 Å². The van der Waals surface area contributed by atoms with Crippen molar-refractivity contribution in [2.45, 2.75) is 91.0 Å². The number of hydrogen-bond acceptors (Lipinski definition) is 8. The SMILES string of the molecule is Cc1c(Cc2nccc3cc(CO)cnc23)cccc1-c1cccc(NC(=O)c2nc3c(n2C)CCN(C2CCC(C(=O)OC(C)(C)C)CC2)C3)c1Cl. The lowest BCUT2D eigenvalue weighted by atomic mass is 9.84. The highest BCUT2D eigenvalue weighted by Gasteiger charge is 2.35. The molecule has 2 aliphatic rings. The molecule has 10 nitrogen and oxygen atoms in total. The van der Waals surface area contributed by atoms with Crippen molar-refractivity contribution in [3.8, 4) is 11.1 Å². The number of imidazole rings is 1. The predicted octanol–water partition coefficient (Wildman–Crippen LogP) is 7.59. The minimum Gasteiger partial charge on any atom is -0.460 e. The molecular weight excluding hydrogens is 688 g/mol. The summed E-state index contributed by atoms with van der Waals surface area (Å²) in [5.41, 5.74) is 8.40. The van der Waals surface area contributed by atoms with E-state index < -0.39 is 5.60 Å². The van der Waals surface area contributed by atoms with E-state index in [1.165, 1.54) is 0 Å². The zero-order chi connectivity index (χ0) is 37.4. The summed E-state index contributed by atoms with van der Waals surface area (Å²) in [5, 5.41) is 14.0. The molecule has 3 aromatic heterocycles. The van der Waals surface area contributed by atoms with Crippen LogP contribution in [0.5, 0.6) is 0 Å². The number of anilines is 1. The van der Waals surface area contributed by atoms with Gasteiger partial charge in [0.25, 0.3) is 5.91 Å². The molecule has 4 heterocycles. The number of rotatable bonds is 8. The summed E-state index contributed by atoms with van der Waals surface area (Å²) in [7, 11) is 1.90. The number of amides is 1. The number of carbonyl (C=O) groups excluding carboxylic acids is 2. The molecule has 0 saturated heterocycles. The summed E-state index contributed by atoms with van der Waals surface area (Å²) >= 11 is 7.05. The Morgan fingerprint density at radius 3 is 2.55 bits per heavy atom. The molecule has 276 valence electrons. The molecule has 0 bridgehead atoms. The lowest BCUT2D eigenvalue weighted by Crippen LogP contribution is -2.42. The molecule has 53 heavy (non-hydrogen) atoms. The van der Waals surface area contributed by atoms with Crippen LogP contribution in [0.25, 0.3) is 22.0 Å². The fraction of sp³-hybridized carbons (Fsp3) is 0.405. The van der Waals surface area contributed by atoms with E-state index in [4.69, 9.17) is 21.3 Å². The molecule has 1 fully saturated rings. The predicted molar refractivity (Wildman–Crippen MR) is 207 cm³/mol. The van der Waals surface area contributed by atoms with Gasteiger partial charge in [0, 0.05) is 68.1 Å². The first-order valence-electron chi connectivity index (χ1n) is 18.4. The fourth-order valence-corrected chi connectivity index (χ4v) is 8.14. The number of hydrogen-bond donors (Lipinski definition) is 2. The maximum absolute atomic E-state index is 13.8. The van der Waals surface area contributed by atoms with E-state index in [2.05, 4.69) is 33.2 Å². The number of ether oxygens (including phenoxy) is 1. The van der Waals surface area contributed by atoms with E-state index in [0.717, 1.165) is 94.5 Å². The van der Waals surface area contributed by atoms with Crippen LogP contribution in [0.4, 0.5) is 5.69 Å². The molecule has 1 aliphatic heterocycles. The van der Waals surface area contributed by atoms with Gasteiger partial charge in [-0.25, -0.2) is 4.98 Å². The van der Waals surface area contributed by atoms with Gasteiger partial charge in [0.2, 0.25) is 0 Å². The lowest BCUT2D eigenvalue weighted by molar-refractivity contribution is -0.161. The normalized spacial score (nSPS) is 17.8. The number of nitrogens with one attached hydrogen (secondary N) is 1. The van der Waals surface area contributed by atoms with Crippen LogP contribution in [0.15, 0.2) is 60.9 Å². The molecule has 1 saturated carbocycles. The van der Waals surface area contributed by atoms with Crippen molar-refractivity contribution in [3.05, 3.63) is 106 Å². The van der Waals surface area contributed by atoms with Crippen molar-refractivity contribution in [2.24, 2.45) is 13.0 Å². The summed E-state index contributed by atoms with van der Waals surface area (Å²) in [4.78, 5) is 43.0. The van der Waals surface area contributed by atoms with E-state index >= 15 is 0 Å². The van der Waals surface area contributed by atoms with Gasteiger partial charge in [0.1, 0.15) is 5.60 Å². The van der Waals surface area contributed by atoms with Crippen LogP contribution >= 0.6 is 11.6 Å². The van der Waals surface area contributed by atoms with Crippen LogP contribution in [0, 0.1) is 12.8 Å². The van der Waals surface area contributed by atoms with Crippen LogP contribution in [-0.4, -0.2) is 59.6 Å². The first kappa shape index (κ1) is 36.7. The van der Waals surface area contributed by atoms with E-state index in [0.29, 0.717) is 35.5 Å². The van der Waals surface area contributed by atoms with Crippen molar-refractivity contribution < 1.29 is 19.4 Å². The van der Waals surface area contributed by atoms with Gasteiger partial charge >= 0.3 is 5.97 Å². The average molecular weight is 735 g/mol. The number of halogens is 1. The Kier molecular flexibility index (Phi) is 10.4. The molecule has 0 spiro atoms. The van der Waals surface area contributed by atoms with E-state index in [9.17, 15) is 14.7 Å². The number of benzene rings is 2. The average Bonchev–Trinajstić information content (AvgIpc) is 3.48. The summed E-state index contributed by atoms with van der Waals surface area (Å²) in [6.07, 6.45) is 8.39. The van der Waals surface area contributed by atoms with Gasteiger partial charge in [0.05, 0.1) is 40.1 Å². The number of aliphatic hydroxyl groups excluding tert-OH is 1. The molecule has 11 heteroatoms. The number of nitrogens with zero attached hydrogens (tertiary/aromatic N) is 5. The third-order valence-electron chi connectivity index (χ3n) is 10.7. The fourth-order valence-electron chi connectivity index (χ4n) is 7.87. The Morgan fingerprint density at radius 2 is 1.79 bits per heavy atom. The molecule has 0 atom stereocenters. The first-order valence-corrected chi connectivity index (χ1v) is 18.8. The molecule has 2 aromatic carbocycles. The van der Waals surface area contributed by atoms with Crippen molar-refractivity contribution in [1.29, 1.82) is 0 Å². The number of pyridine rings is 2. The maximum Gasteiger partial charge on any atom is 0.309 e. The second kappa shape index (κ2) is 15.0. The van der Waals surface area contributed by atoms with Crippen LogP contribution in [-0.2, 0) is 42.6 Å². The first-order chi connectivity index (χ1) is 25.4. The lowest BCUT2D eigenvalue weighted by Gasteiger charge is -2.38. The number of aromatic nitrogens is 4. The highest BCUT2D eigenvalue weighted by Crippen LogP contribution is 2.38. The summed E-state index contributed by atoms with van der Waals surface area (Å²) < 4.78 is 7.56. The standard InChI is InChI=1S/C42H47ClN6O4/c1-25-28(21-34-38-29(16-18-44-34)20-26(24-50)22-45-38)8-6-9-31(25)32-10-7-11-33(37(32)43)47-40(51)39-46-35-23-49(19-17-36(35)48(39)5)30-14-12-27(13-15-30)41(52)53-42(2,3)4/h6-11,16,18,20,22,27,30,50H,12-15,17,19,21,23-24H2,1-5H3,(H,47,51). The topological polar surface area (TPSA) is 122 Å². The minimum absolute atomic E-state index is 0.0404. The smallest absolute Gasteiger partial charge is 0.309 e. The molecule has 1 aliphatic carbocycles. The molecule has 0 radical (unpaired) electrons. The molecule has 1 amide bonds. The molecule has 0 unspecified atom stereocenters. The second-order valence-electron chi connectivity index (χ2n) is 15.4. The number of carbonyl (C=O) groups is 2.